The molecule has 1 N–H and O–H groups in total. The molecule has 0 aromatic carbocycles. The van der Waals surface area contributed by atoms with Crippen LogP contribution in [-0.2, 0) is 0 Å². The molecule has 88 valence electrons. The van der Waals surface area contributed by atoms with Gasteiger partial charge in [0.05, 0.1) is 11.7 Å². The average Bonchev–Trinajstić information content (AvgIpc) is 2.83. The lowest BCUT2D eigenvalue weighted by Gasteiger charge is -2.20. The maximum atomic E-state index is 4.41. The molecule has 0 saturated heterocycles. The van der Waals surface area contributed by atoms with Crippen LogP contribution in [0.1, 0.15) is 50.8 Å². The van der Waals surface area contributed by atoms with Gasteiger partial charge in [-0.2, -0.15) is 0 Å². The number of hydrogen-bond donors (Lipinski definition) is 1. The lowest BCUT2D eigenvalue weighted by atomic mass is 9.96. The van der Waals surface area contributed by atoms with E-state index in [2.05, 4.69) is 22.2 Å². The molecule has 3 heteroatoms. The van der Waals surface area contributed by atoms with Crippen molar-refractivity contribution >= 4 is 0 Å². The third kappa shape index (κ3) is 3.01. The van der Waals surface area contributed by atoms with Crippen molar-refractivity contribution in [2.45, 2.75) is 45.1 Å². The quantitative estimate of drug-likeness (QED) is 0.827. The second kappa shape index (κ2) is 5.94. The van der Waals surface area contributed by atoms with Crippen molar-refractivity contribution in [3.63, 3.8) is 0 Å². The van der Waals surface area contributed by atoms with E-state index < -0.39 is 0 Å². The van der Waals surface area contributed by atoms with Crippen molar-refractivity contribution in [1.29, 1.82) is 0 Å². The Balaban J connectivity index is 1.99. The van der Waals surface area contributed by atoms with Crippen molar-refractivity contribution < 1.29 is 0 Å². The molecule has 16 heavy (non-hydrogen) atoms. The zero-order valence-electron chi connectivity index (χ0n) is 10.0. The van der Waals surface area contributed by atoms with E-state index in [0.717, 1.165) is 18.2 Å². The average molecular weight is 219 g/mol. The van der Waals surface area contributed by atoms with Crippen LogP contribution in [0.15, 0.2) is 18.6 Å². The summed E-state index contributed by atoms with van der Waals surface area (Å²) < 4.78 is 0. The van der Waals surface area contributed by atoms with E-state index in [4.69, 9.17) is 0 Å². The van der Waals surface area contributed by atoms with E-state index in [0.29, 0.717) is 6.04 Å². The molecular formula is C13H21N3. The fraction of sp³-hybridized carbons (Fsp3) is 0.692. The molecule has 2 rings (SSSR count). The lowest BCUT2D eigenvalue weighted by molar-refractivity contribution is 0.394. The Labute approximate surface area is 97.7 Å². The largest absolute Gasteiger partial charge is 0.309 e. The van der Waals surface area contributed by atoms with E-state index in [9.17, 15) is 0 Å². The monoisotopic (exact) mass is 219 g/mol. The summed E-state index contributed by atoms with van der Waals surface area (Å²) in [6, 6.07) is 0.391. The highest BCUT2D eigenvalue weighted by Crippen LogP contribution is 2.32. The highest BCUT2D eigenvalue weighted by Gasteiger charge is 2.21. The molecule has 1 aromatic heterocycles. The molecule has 3 nitrogen and oxygen atoms in total. The second-order valence-electron chi connectivity index (χ2n) is 4.63. The van der Waals surface area contributed by atoms with Gasteiger partial charge in [-0.05, 0) is 18.9 Å². The number of aromatic nitrogens is 2. The van der Waals surface area contributed by atoms with Crippen LogP contribution in [0.25, 0.3) is 0 Å². The summed E-state index contributed by atoms with van der Waals surface area (Å²) >= 11 is 0. The summed E-state index contributed by atoms with van der Waals surface area (Å²) in [5.41, 5.74) is 1.09. The molecule has 1 unspecified atom stereocenters. The molecule has 1 saturated carbocycles. The first-order chi connectivity index (χ1) is 7.90. The minimum atomic E-state index is 0.391. The summed E-state index contributed by atoms with van der Waals surface area (Å²) in [6.07, 6.45) is 12.2. The van der Waals surface area contributed by atoms with Gasteiger partial charge in [0, 0.05) is 18.6 Å². The summed E-state index contributed by atoms with van der Waals surface area (Å²) in [7, 11) is 0. The van der Waals surface area contributed by atoms with Crippen molar-refractivity contribution in [2.75, 3.05) is 6.54 Å². The zero-order chi connectivity index (χ0) is 11.2. The third-order valence-electron chi connectivity index (χ3n) is 3.43. The summed E-state index contributed by atoms with van der Waals surface area (Å²) in [5, 5.41) is 3.52. The third-order valence-corrected chi connectivity index (χ3v) is 3.43. The van der Waals surface area contributed by atoms with Crippen LogP contribution in [0.4, 0.5) is 0 Å². The maximum absolute atomic E-state index is 4.41. The van der Waals surface area contributed by atoms with Gasteiger partial charge in [0.15, 0.2) is 0 Å². The predicted octanol–water partition coefficient (Wildman–Crippen LogP) is 2.71. The molecule has 1 aliphatic carbocycles. The summed E-state index contributed by atoms with van der Waals surface area (Å²) in [4.78, 5) is 8.57. The zero-order valence-corrected chi connectivity index (χ0v) is 10.0. The Kier molecular flexibility index (Phi) is 4.28. The number of nitrogens with one attached hydrogen (secondary N) is 1. The smallest absolute Gasteiger partial charge is 0.0756 e. The molecule has 0 amide bonds. The van der Waals surface area contributed by atoms with Crippen LogP contribution in [0.5, 0.6) is 0 Å². The van der Waals surface area contributed by atoms with Crippen LogP contribution in [-0.4, -0.2) is 16.5 Å². The van der Waals surface area contributed by atoms with Crippen molar-refractivity contribution in [3.05, 3.63) is 24.3 Å². The molecule has 1 atom stereocenters. The molecule has 1 fully saturated rings. The van der Waals surface area contributed by atoms with E-state index in [1.165, 1.54) is 32.1 Å². The van der Waals surface area contributed by atoms with Crippen LogP contribution in [0, 0.1) is 5.92 Å². The van der Waals surface area contributed by atoms with E-state index in [-0.39, 0.29) is 0 Å². The Morgan fingerprint density at radius 3 is 2.81 bits per heavy atom. The normalized spacial score (nSPS) is 18.8. The van der Waals surface area contributed by atoms with Crippen LogP contribution in [0.2, 0.25) is 0 Å². The highest BCUT2D eigenvalue weighted by atomic mass is 14.9. The van der Waals surface area contributed by atoms with E-state index in [1.54, 1.807) is 12.4 Å². The molecule has 0 spiro atoms. The van der Waals surface area contributed by atoms with Gasteiger partial charge in [-0.3, -0.25) is 9.97 Å². The minimum Gasteiger partial charge on any atom is -0.309 e. The topological polar surface area (TPSA) is 37.8 Å². The van der Waals surface area contributed by atoms with Crippen molar-refractivity contribution in [2.24, 2.45) is 5.92 Å². The molecule has 1 aliphatic rings. The fourth-order valence-electron chi connectivity index (χ4n) is 2.63. The van der Waals surface area contributed by atoms with Crippen LogP contribution in [0.3, 0.4) is 0 Å². The number of hydrogen-bond acceptors (Lipinski definition) is 3. The number of rotatable bonds is 5. The Morgan fingerprint density at radius 1 is 1.38 bits per heavy atom. The number of nitrogens with zero attached hydrogens (tertiary/aromatic N) is 2. The molecule has 1 aromatic rings. The van der Waals surface area contributed by atoms with E-state index in [1.807, 2.05) is 6.20 Å². The fourth-order valence-corrected chi connectivity index (χ4v) is 2.63. The first-order valence-electron chi connectivity index (χ1n) is 6.39. The Hall–Kier alpha value is -0.960. The van der Waals surface area contributed by atoms with Crippen molar-refractivity contribution in [1.82, 2.24) is 15.3 Å². The minimum absolute atomic E-state index is 0.391. The standard InChI is InChI=1S/C13H21N3/c1-2-15-12(9-11-5-3-4-6-11)13-10-14-7-8-16-13/h7-8,10-12,15H,2-6,9H2,1H3. The molecular weight excluding hydrogens is 198 g/mol. The van der Waals surface area contributed by atoms with E-state index >= 15 is 0 Å². The molecule has 0 bridgehead atoms. The SMILES string of the molecule is CCNC(CC1CCCC1)c1cnccn1. The van der Waals surface area contributed by atoms with Gasteiger partial charge in [0.25, 0.3) is 0 Å². The molecule has 0 aliphatic heterocycles. The van der Waals surface area contributed by atoms with Gasteiger partial charge in [0.1, 0.15) is 0 Å². The maximum Gasteiger partial charge on any atom is 0.0756 e. The first kappa shape index (κ1) is 11.5. The van der Waals surface area contributed by atoms with Gasteiger partial charge < -0.3 is 5.32 Å². The van der Waals surface area contributed by atoms with Crippen LogP contribution >= 0.6 is 0 Å². The Bertz CT molecular complexity index is 293. The summed E-state index contributed by atoms with van der Waals surface area (Å²) in [5.74, 6) is 0.881. The summed E-state index contributed by atoms with van der Waals surface area (Å²) in [6.45, 7) is 3.14. The lowest BCUT2D eigenvalue weighted by Crippen LogP contribution is -2.24. The van der Waals surface area contributed by atoms with Crippen molar-refractivity contribution in [3.8, 4) is 0 Å². The van der Waals surface area contributed by atoms with Gasteiger partial charge in [-0.15, -0.1) is 0 Å². The highest BCUT2D eigenvalue weighted by molar-refractivity contribution is 5.02. The molecule has 1 heterocycles. The van der Waals surface area contributed by atoms with Gasteiger partial charge >= 0.3 is 0 Å². The van der Waals surface area contributed by atoms with Gasteiger partial charge in [-0.25, -0.2) is 0 Å². The Morgan fingerprint density at radius 2 is 2.19 bits per heavy atom. The van der Waals surface area contributed by atoms with Gasteiger partial charge in [-0.1, -0.05) is 32.6 Å². The predicted molar refractivity (Wildman–Crippen MR) is 65.0 cm³/mol. The molecule has 0 radical (unpaired) electrons. The second-order valence-corrected chi connectivity index (χ2v) is 4.63. The first-order valence-corrected chi connectivity index (χ1v) is 6.39. The van der Waals surface area contributed by atoms with Gasteiger partial charge in [0.2, 0.25) is 0 Å². The van der Waals surface area contributed by atoms with Crippen LogP contribution < -0.4 is 5.32 Å².